The first-order valence-electron chi connectivity index (χ1n) is 9.44. The van der Waals surface area contributed by atoms with Crippen molar-refractivity contribution in [2.75, 3.05) is 36.0 Å². The Hall–Kier alpha value is -3.33. The number of aromatic nitrogens is 5. The summed E-state index contributed by atoms with van der Waals surface area (Å²) in [5.41, 5.74) is 0.687. The van der Waals surface area contributed by atoms with Gasteiger partial charge in [0.05, 0.1) is 17.6 Å². The second-order valence-electron chi connectivity index (χ2n) is 6.82. The van der Waals surface area contributed by atoms with Crippen molar-refractivity contribution in [3.63, 3.8) is 0 Å². The first-order valence-corrected chi connectivity index (χ1v) is 10.3. The van der Waals surface area contributed by atoms with Crippen molar-refractivity contribution < 1.29 is 0 Å². The van der Waals surface area contributed by atoms with Crippen LogP contribution >= 0.6 is 11.3 Å². The van der Waals surface area contributed by atoms with E-state index in [-0.39, 0.29) is 5.56 Å². The SMILES string of the molecule is O=c1ccc(N2CCN(c3ncnc4sccc34)CC2)nn1Cc1ccccn1. The topological polar surface area (TPSA) is 80.0 Å². The van der Waals surface area contributed by atoms with Gasteiger partial charge in [-0.3, -0.25) is 9.78 Å². The van der Waals surface area contributed by atoms with Gasteiger partial charge in [0, 0.05) is 38.4 Å². The van der Waals surface area contributed by atoms with E-state index in [1.165, 1.54) is 4.68 Å². The average molecular weight is 405 g/mol. The largest absolute Gasteiger partial charge is 0.352 e. The highest BCUT2D eigenvalue weighted by atomic mass is 32.1. The number of hydrogen-bond acceptors (Lipinski definition) is 8. The highest BCUT2D eigenvalue weighted by Gasteiger charge is 2.21. The molecular weight excluding hydrogens is 386 g/mol. The van der Waals surface area contributed by atoms with Crippen molar-refractivity contribution >= 4 is 33.2 Å². The molecule has 9 heteroatoms. The summed E-state index contributed by atoms with van der Waals surface area (Å²) in [5, 5.41) is 7.73. The van der Waals surface area contributed by atoms with Crippen LogP contribution in [-0.2, 0) is 6.54 Å². The van der Waals surface area contributed by atoms with Gasteiger partial charge in [0.15, 0.2) is 0 Å². The van der Waals surface area contributed by atoms with Crippen molar-refractivity contribution in [3.05, 3.63) is 70.4 Å². The number of fused-ring (bicyclic) bond motifs is 1. The first kappa shape index (κ1) is 17.7. The molecule has 0 aliphatic carbocycles. The van der Waals surface area contributed by atoms with Crippen LogP contribution in [0, 0.1) is 0 Å². The van der Waals surface area contributed by atoms with Gasteiger partial charge >= 0.3 is 0 Å². The Kier molecular flexibility index (Phi) is 4.65. The van der Waals surface area contributed by atoms with E-state index >= 15 is 0 Å². The van der Waals surface area contributed by atoms with Gasteiger partial charge in [-0.2, -0.15) is 5.10 Å². The predicted molar refractivity (Wildman–Crippen MR) is 114 cm³/mol. The summed E-state index contributed by atoms with van der Waals surface area (Å²) in [7, 11) is 0. The lowest BCUT2D eigenvalue weighted by Gasteiger charge is -2.36. The summed E-state index contributed by atoms with van der Waals surface area (Å²) in [5.74, 6) is 1.80. The standard InChI is InChI=1S/C20H19N7OS/c28-18-5-4-17(24-27(18)13-15-3-1-2-7-21-15)25-8-10-26(11-9-25)19-16-6-12-29-20(16)23-14-22-19/h1-7,12,14H,8-11,13H2. The van der Waals surface area contributed by atoms with Gasteiger partial charge in [0.25, 0.3) is 5.56 Å². The van der Waals surface area contributed by atoms with Gasteiger partial charge < -0.3 is 9.80 Å². The van der Waals surface area contributed by atoms with E-state index in [4.69, 9.17) is 0 Å². The van der Waals surface area contributed by atoms with Crippen LogP contribution in [0.4, 0.5) is 11.6 Å². The lowest BCUT2D eigenvalue weighted by atomic mass is 10.2. The molecule has 0 bridgehead atoms. The van der Waals surface area contributed by atoms with E-state index in [1.54, 1.807) is 36.0 Å². The molecule has 1 fully saturated rings. The van der Waals surface area contributed by atoms with Gasteiger partial charge in [-0.25, -0.2) is 14.6 Å². The second kappa shape index (κ2) is 7.59. The van der Waals surface area contributed by atoms with Crippen LogP contribution in [0.1, 0.15) is 5.69 Å². The van der Waals surface area contributed by atoms with Crippen molar-refractivity contribution in [1.82, 2.24) is 24.7 Å². The van der Waals surface area contributed by atoms with Crippen LogP contribution in [0.25, 0.3) is 10.2 Å². The van der Waals surface area contributed by atoms with Crippen molar-refractivity contribution in [2.24, 2.45) is 0 Å². The Balaban J connectivity index is 1.32. The van der Waals surface area contributed by atoms with Gasteiger partial charge in [0.1, 0.15) is 22.8 Å². The molecule has 0 aromatic carbocycles. The fraction of sp³-hybridized carbons (Fsp3) is 0.250. The minimum absolute atomic E-state index is 0.126. The first-order chi connectivity index (χ1) is 14.3. The fourth-order valence-electron chi connectivity index (χ4n) is 3.54. The normalized spacial score (nSPS) is 14.5. The van der Waals surface area contributed by atoms with Gasteiger partial charge in [-0.15, -0.1) is 11.3 Å². The molecule has 0 N–H and O–H groups in total. The molecule has 29 heavy (non-hydrogen) atoms. The summed E-state index contributed by atoms with van der Waals surface area (Å²) < 4.78 is 1.48. The Bertz CT molecular complexity index is 1180. The molecule has 0 amide bonds. The lowest BCUT2D eigenvalue weighted by molar-refractivity contribution is 0.595. The molecule has 0 unspecified atom stereocenters. The summed E-state index contributed by atoms with van der Waals surface area (Å²) in [6, 6.07) is 11.1. The number of rotatable bonds is 4. The van der Waals surface area contributed by atoms with E-state index in [2.05, 4.69) is 35.9 Å². The Labute approximate surface area is 171 Å². The molecule has 146 valence electrons. The summed E-state index contributed by atoms with van der Waals surface area (Å²) in [4.78, 5) is 30.9. The number of nitrogens with zero attached hydrogens (tertiary/aromatic N) is 7. The van der Waals surface area contributed by atoms with Crippen LogP contribution in [0.5, 0.6) is 0 Å². The van der Waals surface area contributed by atoms with E-state index in [0.29, 0.717) is 6.54 Å². The molecule has 0 saturated carbocycles. The fourth-order valence-corrected chi connectivity index (χ4v) is 4.27. The van der Waals surface area contributed by atoms with Crippen LogP contribution in [0.2, 0.25) is 0 Å². The molecule has 8 nitrogen and oxygen atoms in total. The number of pyridine rings is 1. The van der Waals surface area contributed by atoms with Crippen LogP contribution in [0.3, 0.4) is 0 Å². The lowest BCUT2D eigenvalue weighted by Crippen LogP contribution is -2.47. The monoisotopic (exact) mass is 405 g/mol. The highest BCUT2D eigenvalue weighted by Crippen LogP contribution is 2.27. The van der Waals surface area contributed by atoms with Crippen molar-refractivity contribution in [3.8, 4) is 0 Å². The van der Waals surface area contributed by atoms with Crippen LogP contribution in [-0.4, -0.2) is 50.9 Å². The van der Waals surface area contributed by atoms with Gasteiger partial charge in [-0.1, -0.05) is 6.07 Å². The van der Waals surface area contributed by atoms with Gasteiger partial charge in [0.2, 0.25) is 0 Å². The predicted octanol–water partition coefficient (Wildman–Crippen LogP) is 2.02. The van der Waals surface area contributed by atoms with Crippen molar-refractivity contribution in [2.45, 2.75) is 6.54 Å². The minimum atomic E-state index is -0.126. The molecule has 1 aliphatic rings. The third-order valence-corrected chi connectivity index (χ3v) is 5.86. The minimum Gasteiger partial charge on any atom is -0.352 e. The summed E-state index contributed by atoms with van der Waals surface area (Å²) in [6.07, 6.45) is 3.36. The van der Waals surface area contributed by atoms with E-state index < -0.39 is 0 Å². The van der Waals surface area contributed by atoms with Crippen molar-refractivity contribution in [1.29, 1.82) is 0 Å². The molecular formula is C20H19N7OS. The molecule has 0 spiro atoms. The Morgan fingerprint density at radius 1 is 0.931 bits per heavy atom. The zero-order chi connectivity index (χ0) is 19.6. The Morgan fingerprint density at radius 2 is 1.79 bits per heavy atom. The maximum atomic E-state index is 12.2. The molecule has 5 heterocycles. The zero-order valence-electron chi connectivity index (χ0n) is 15.7. The summed E-state index contributed by atoms with van der Waals surface area (Å²) in [6.45, 7) is 3.66. The molecule has 1 saturated heterocycles. The maximum Gasteiger partial charge on any atom is 0.267 e. The number of piperazine rings is 1. The average Bonchev–Trinajstić information content (AvgIpc) is 3.25. The van der Waals surface area contributed by atoms with Crippen LogP contribution < -0.4 is 15.4 Å². The molecule has 4 aromatic rings. The van der Waals surface area contributed by atoms with E-state index in [1.807, 2.05) is 23.6 Å². The molecule has 1 aliphatic heterocycles. The quantitative estimate of drug-likeness (QED) is 0.514. The smallest absolute Gasteiger partial charge is 0.267 e. The number of anilines is 2. The molecule has 5 rings (SSSR count). The molecule has 0 atom stereocenters. The molecule has 4 aromatic heterocycles. The highest BCUT2D eigenvalue weighted by molar-refractivity contribution is 7.16. The second-order valence-corrected chi connectivity index (χ2v) is 7.71. The third-order valence-electron chi connectivity index (χ3n) is 5.03. The summed E-state index contributed by atoms with van der Waals surface area (Å²) >= 11 is 1.63. The maximum absolute atomic E-state index is 12.2. The van der Waals surface area contributed by atoms with E-state index in [9.17, 15) is 4.79 Å². The molecule has 0 radical (unpaired) electrons. The third kappa shape index (κ3) is 3.56. The Morgan fingerprint density at radius 3 is 2.62 bits per heavy atom. The zero-order valence-corrected chi connectivity index (χ0v) is 16.5. The van der Waals surface area contributed by atoms with E-state index in [0.717, 1.165) is 53.7 Å². The number of thiophene rings is 1. The van der Waals surface area contributed by atoms with Crippen LogP contribution in [0.15, 0.2) is 59.1 Å². The van der Waals surface area contributed by atoms with Gasteiger partial charge in [-0.05, 0) is 29.6 Å². The number of hydrogen-bond donors (Lipinski definition) is 0.